The lowest BCUT2D eigenvalue weighted by Crippen LogP contribution is -2.42. The Morgan fingerprint density at radius 3 is 2.72 bits per heavy atom. The van der Waals surface area contributed by atoms with Crippen molar-refractivity contribution in [2.75, 3.05) is 19.7 Å². The van der Waals surface area contributed by atoms with Crippen LogP contribution in [0.4, 0.5) is 0 Å². The number of hydrogen-bond donors (Lipinski definition) is 0. The van der Waals surface area contributed by atoms with Gasteiger partial charge in [-0.05, 0) is 54.5 Å². The number of likely N-dealkylation sites (tertiary alicyclic amines) is 1. The summed E-state index contributed by atoms with van der Waals surface area (Å²) in [5.74, 6) is -0.372. The first-order valence-corrected chi connectivity index (χ1v) is 11.7. The van der Waals surface area contributed by atoms with Gasteiger partial charge in [0, 0.05) is 30.8 Å². The molecule has 1 aliphatic heterocycles. The third-order valence-corrected chi connectivity index (χ3v) is 6.47. The summed E-state index contributed by atoms with van der Waals surface area (Å²) in [7, 11) is 0. The molecule has 1 aliphatic rings. The van der Waals surface area contributed by atoms with E-state index < -0.39 is 0 Å². The van der Waals surface area contributed by atoms with Crippen LogP contribution in [0.3, 0.4) is 0 Å². The minimum Gasteiger partial charge on any atom is -0.466 e. The van der Waals surface area contributed by atoms with Gasteiger partial charge in [0.15, 0.2) is 0 Å². The number of ether oxygens (including phenoxy) is 1. The molecule has 1 heterocycles. The van der Waals surface area contributed by atoms with Crippen molar-refractivity contribution >= 4 is 41.2 Å². The molecule has 3 rings (SSSR count). The van der Waals surface area contributed by atoms with Gasteiger partial charge in [-0.3, -0.25) is 9.59 Å². The van der Waals surface area contributed by atoms with E-state index in [2.05, 4.69) is 26.0 Å². The van der Waals surface area contributed by atoms with Crippen LogP contribution in [0.5, 0.6) is 0 Å². The van der Waals surface area contributed by atoms with Crippen LogP contribution >= 0.6 is 23.2 Å². The molecule has 0 spiro atoms. The second-order valence-corrected chi connectivity index (χ2v) is 8.95. The Kier molecular flexibility index (Phi) is 8.38. The number of hydrogen-bond acceptors (Lipinski definition) is 3. The maximum Gasteiger partial charge on any atom is 0.310 e. The largest absolute Gasteiger partial charge is 0.466 e. The van der Waals surface area contributed by atoms with Gasteiger partial charge >= 0.3 is 5.97 Å². The summed E-state index contributed by atoms with van der Waals surface area (Å²) in [6.07, 6.45) is 4.72. The Hall–Kier alpha value is -2.30. The molecule has 32 heavy (non-hydrogen) atoms. The summed E-state index contributed by atoms with van der Waals surface area (Å²) in [5.41, 5.74) is 3.75. The van der Waals surface area contributed by atoms with Gasteiger partial charge in [0.25, 0.3) is 0 Å². The zero-order valence-electron chi connectivity index (χ0n) is 18.7. The van der Waals surface area contributed by atoms with Crippen LogP contribution in [0.2, 0.25) is 10.0 Å². The summed E-state index contributed by atoms with van der Waals surface area (Å²) in [5, 5.41) is 0.666. The highest BCUT2D eigenvalue weighted by atomic mass is 35.5. The van der Waals surface area contributed by atoms with Gasteiger partial charge in [-0.15, -0.1) is 0 Å². The van der Waals surface area contributed by atoms with Gasteiger partial charge in [-0.2, -0.15) is 0 Å². The smallest absolute Gasteiger partial charge is 0.310 e. The Morgan fingerprint density at radius 1 is 1.25 bits per heavy atom. The Morgan fingerprint density at radius 2 is 2.00 bits per heavy atom. The topological polar surface area (TPSA) is 46.6 Å². The van der Waals surface area contributed by atoms with Gasteiger partial charge < -0.3 is 9.64 Å². The Bertz CT molecular complexity index is 1020. The van der Waals surface area contributed by atoms with Crippen molar-refractivity contribution in [2.24, 2.45) is 5.92 Å². The first-order chi connectivity index (χ1) is 15.3. The molecule has 1 amide bonds. The highest BCUT2D eigenvalue weighted by Crippen LogP contribution is 2.38. The molecule has 169 valence electrons. The average molecular weight is 473 g/mol. The minimum atomic E-state index is -0.279. The molecule has 2 aromatic carbocycles. The predicted octanol–water partition coefficient (Wildman–Crippen LogP) is 6.40. The fourth-order valence-electron chi connectivity index (χ4n) is 4.03. The summed E-state index contributed by atoms with van der Waals surface area (Å²) in [6.45, 7) is 7.37. The van der Waals surface area contributed by atoms with Crippen LogP contribution in [0.25, 0.3) is 17.2 Å². The van der Waals surface area contributed by atoms with Gasteiger partial charge in [0.1, 0.15) is 0 Å². The maximum atomic E-state index is 12.9. The zero-order chi connectivity index (χ0) is 23.3. The normalized spacial score (nSPS) is 16.6. The van der Waals surface area contributed by atoms with E-state index in [1.54, 1.807) is 17.9 Å². The predicted molar refractivity (Wildman–Crippen MR) is 130 cm³/mol. The second-order valence-electron chi connectivity index (χ2n) is 8.19. The van der Waals surface area contributed by atoms with Crippen molar-refractivity contribution in [1.29, 1.82) is 0 Å². The van der Waals surface area contributed by atoms with E-state index in [-0.39, 0.29) is 17.8 Å². The van der Waals surface area contributed by atoms with E-state index in [1.807, 2.05) is 24.3 Å². The maximum absolute atomic E-state index is 12.9. The Balaban J connectivity index is 1.90. The lowest BCUT2D eigenvalue weighted by molar-refractivity contribution is -0.150. The third-order valence-electron chi connectivity index (χ3n) is 5.68. The van der Waals surface area contributed by atoms with Crippen LogP contribution in [0, 0.1) is 12.0 Å². The third kappa shape index (κ3) is 5.54. The van der Waals surface area contributed by atoms with E-state index >= 15 is 0 Å². The molecule has 1 saturated heterocycles. The van der Waals surface area contributed by atoms with Crippen LogP contribution in [0.1, 0.15) is 50.7 Å². The van der Waals surface area contributed by atoms with Crippen molar-refractivity contribution in [3.05, 3.63) is 63.6 Å². The molecule has 1 radical (unpaired) electrons. The van der Waals surface area contributed by atoms with Crippen molar-refractivity contribution in [2.45, 2.75) is 39.5 Å². The highest BCUT2D eigenvalue weighted by Gasteiger charge is 2.28. The monoisotopic (exact) mass is 472 g/mol. The van der Waals surface area contributed by atoms with Crippen molar-refractivity contribution in [3.63, 3.8) is 0 Å². The zero-order valence-corrected chi connectivity index (χ0v) is 20.2. The van der Waals surface area contributed by atoms with Crippen molar-refractivity contribution in [1.82, 2.24) is 4.90 Å². The number of piperidine rings is 1. The van der Waals surface area contributed by atoms with E-state index in [9.17, 15) is 9.59 Å². The van der Waals surface area contributed by atoms with Gasteiger partial charge in [0.2, 0.25) is 5.91 Å². The number of rotatable bonds is 6. The molecule has 0 N–H and O–H groups in total. The molecule has 2 aromatic rings. The van der Waals surface area contributed by atoms with E-state index in [0.29, 0.717) is 41.2 Å². The quantitative estimate of drug-likeness (QED) is 0.360. The number of carbonyl (C=O) groups excluding carboxylic acids is 2. The first-order valence-electron chi connectivity index (χ1n) is 11.0. The summed E-state index contributed by atoms with van der Waals surface area (Å²) in [4.78, 5) is 26.7. The molecular formula is C26H28Cl2NO3. The first kappa shape index (κ1) is 24.3. The summed E-state index contributed by atoms with van der Waals surface area (Å²) < 4.78 is 5.13. The van der Waals surface area contributed by atoms with E-state index in [0.717, 1.165) is 24.0 Å². The molecule has 4 nitrogen and oxygen atoms in total. The van der Waals surface area contributed by atoms with Gasteiger partial charge in [0.05, 0.1) is 22.6 Å². The molecular weight excluding hydrogens is 445 g/mol. The standard InChI is InChI=1S/C26H28Cl2NO3/c1-4-32-26(31)18-8-7-15-29(16-18)24(30)14-12-22-21(11-13-23(27)25(22)28)20-10-6-5-9-19(20)17(2)3/h5-6,9-12,14,17-18H,4,7-8,15-16H2,1-3H3/b14-12+. The molecule has 6 heteroatoms. The van der Waals surface area contributed by atoms with Crippen LogP contribution in [-0.2, 0) is 14.3 Å². The fourth-order valence-corrected chi connectivity index (χ4v) is 4.41. The highest BCUT2D eigenvalue weighted by molar-refractivity contribution is 6.43. The number of carbonyl (C=O) groups is 2. The van der Waals surface area contributed by atoms with Crippen molar-refractivity contribution in [3.8, 4) is 11.1 Å². The number of benzene rings is 2. The van der Waals surface area contributed by atoms with Crippen LogP contribution in [-0.4, -0.2) is 36.5 Å². The molecule has 0 aromatic heterocycles. The van der Waals surface area contributed by atoms with E-state index in [4.69, 9.17) is 27.9 Å². The van der Waals surface area contributed by atoms with Crippen LogP contribution in [0.15, 0.2) is 36.4 Å². The molecule has 1 atom stereocenters. The van der Waals surface area contributed by atoms with Gasteiger partial charge in [-0.1, -0.05) is 61.3 Å². The minimum absolute atomic E-state index is 0.165. The molecule has 0 aliphatic carbocycles. The fraction of sp³-hybridized carbons (Fsp3) is 0.385. The van der Waals surface area contributed by atoms with E-state index in [1.165, 1.54) is 11.6 Å². The molecule has 1 fully saturated rings. The van der Waals surface area contributed by atoms with Crippen molar-refractivity contribution < 1.29 is 14.3 Å². The second kappa shape index (κ2) is 11.0. The lowest BCUT2D eigenvalue weighted by atomic mass is 9.90. The summed E-state index contributed by atoms with van der Waals surface area (Å²) in [6, 6.07) is 12.9. The number of nitrogens with zero attached hydrogens (tertiary/aromatic N) is 1. The SMILES string of the molecule is CCOC(=O)C1CCCN(C(=O)/C=C/c2c(-c3ccccc3C(C)C)c[c]c(Cl)c2Cl)C1. The van der Waals surface area contributed by atoms with Gasteiger partial charge in [-0.25, -0.2) is 0 Å². The Labute approximate surface area is 200 Å². The summed E-state index contributed by atoms with van der Waals surface area (Å²) >= 11 is 12.8. The number of halogens is 2. The number of esters is 1. The number of amides is 1. The molecule has 1 unspecified atom stereocenters. The van der Waals surface area contributed by atoms with Crippen LogP contribution < -0.4 is 0 Å². The molecule has 0 saturated carbocycles. The lowest BCUT2D eigenvalue weighted by Gasteiger charge is -2.30. The average Bonchev–Trinajstić information content (AvgIpc) is 2.80. The molecule has 0 bridgehead atoms.